The van der Waals surface area contributed by atoms with E-state index in [1.807, 2.05) is 69.6 Å². The summed E-state index contributed by atoms with van der Waals surface area (Å²) in [6, 6.07) is 7.92. The average Bonchev–Trinajstić information content (AvgIpc) is 2.96. The van der Waals surface area contributed by atoms with Crippen LogP contribution in [0.1, 0.15) is 34.5 Å². The van der Waals surface area contributed by atoms with Crippen LogP contribution < -0.4 is 10.2 Å². The normalized spacial score (nSPS) is 10.8. The first-order valence-corrected chi connectivity index (χ1v) is 9.68. The topological polar surface area (TPSA) is 75.9 Å². The molecule has 7 nitrogen and oxygen atoms in total. The molecular formula is C22H28N6O. The molecule has 0 saturated heterocycles. The van der Waals surface area contributed by atoms with Crippen molar-refractivity contribution in [1.82, 2.24) is 19.7 Å². The predicted octanol–water partition coefficient (Wildman–Crippen LogP) is 3.53. The van der Waals surface area contributed by atoms with E-state index in [2.05, 4.69) is 26.4 Å². The molecule has 1 aromatic carbocycles. The molecule has 2 heterocycles. The van der Waals surface area contributed by atoms with Gasteiger partial charge in [-0.2, -0.15) is 5.10 Å². The van der Waals surface area contributed by atoms with Crippen molar-refractivity contribution in [2.75, 3.05) is 24.3 Å². The lowest BCUT2D eigenvalue weighted by Gasteiger charge is -2.12. The molecule has 29 heavy (non-hydrogen) atoms. The molecule has 0 saturated carbocycles. The second-order valence-electron chi connectivity index (χ2n) is 7.56. The number of nitrogens with zero attached hydrogens (tertiary/aromatic N) is 5. The van der Waals surface area contributed by atoms with Crippen molar-refractivity contribution in [2.45, 2.75) is 40.5 Å². The second kappa shape index (κ2) is 8.43. The first-order chi connectivity index (χ1) is 13.8. The smallest absolute Gasteiger partial charge is 0.224 e. The van der Waals surface area contributed by atoms with Crippen molar-refractivity contribution in [3.63, 3.8) is 0 Å². The van der Waals surface area contributed by atoms with Crippen molar-refractivity contribution < 1.29 is 4.79 Å². The summed E-state index contributed by atoms with van der Waals surface area (Å²) >= 11 is 0. The van der Waals surface area contributed by atoms with Crippen LogP contribution in [0, 0.1) is 27.7 Å². The Hall–Kier alpha value is -3.22. The molecule has 3 aromatic rings. The Morgan fingerprint density at radius 1 is 1.10 bits per heavy atom. The average molecular weight is 393 g/mol. The number of hydrogen-bond acceptors (Lipinski definition) is 5. The van der Waals surface area contributed by atoms with Crippen LogP contribution in [-0.2, 0) is 11.2 Å². The van der Waals surface area contributed by atoms with Gasteiger partial charge in [-0.1, -0.05) is 17.7 Å². The number of anilines is 2. The maximum absolute atomic E-state index is 12.5. The summed E-state index contributed by atoms with van der Waals surface area (Å²) in [5.74, 6) is 1.53. The van der Waals surface area contributed by atoms with Gasteiger partial charge in [-0.25, -0.2) is 14.6 Å². The van der Waals surface area contributed by atoms with Gasteiger partial charge < -0.3 is 10.2 Å². The van der Waals surface area contributed by atoms with Crippen molar-refractivity contribution in [3.05, 3.63) is 58.7 Å². The summed E-state index contributed by atoms with van der Waals surface area (Å²) in [6.07, 6.45) is 2.56. The quantitative estimate of drug-likeness (QED) is 0.694. The Morgan fingerprint density at radius 3 is 2.55 bits per heavy atom. The fourth-order valence-electron chi connectivity index (χ4n) is 3.36. The SMILES string of the molecule is Cc1ccc(NC(=O)CCc2c(C)nn(-c3cc(N(C)C)ncn3)c2C)c(C)c1. The molecule has 0 aliphatic rings. The summed E-state index contributed by atoms with van der Waals surface area (Å²) < 4.78 is 1.82. The third-order valence-corrected chi connectivity index (χ3v) is 5.01. The van der Waals surface area contributed by atoms with E-state index in [0.29, 0.717) is 12.8 Å². The van der Waals surface area contributed by atoms with E-state index in [0.717, 1.165) is 39.8 Å². The van der Waals surface area contributed by atoms with Gasteiger partial charge in [0.2, 0.25) is 5.91 Å². The Kier molecular flexibility index (Phi) is 5.96. The number of rotatable bonds is 6. The number of amides is 1. The van der Waals surface area contributed by atoms with Crippen LogP contribution in [0.15, 0.2) is 30.6 Å². The third-order valence-electron chi connectivity index (χ3n) is 5.01. The van der Waals surface area contributed by atoms with Gasteiger partial charge in [-0.15, -0.1) is 0 Å². The van der Waals surface area contributed by atoms with Crippen molar-refractivity contribution in [1.29, 1.82) is 0 Å². The van der Waals surface area contributed by atoms with Crippen LogP contribution in [0.4, 0.5) is 11.5 Å². The highest BCUT2D eigenvalue weighted by molar-refractivity contribution is 5.91. The summed E-state index contributed by atoms with van der Waals surface area (Å²) in [7, 11) is 3.88. The van der Waals surface area contributed by atoms with E-state index >= 15 is 0 Å². The molecule has 0 unspecified atom stereocenters. The molecule has 0 atom stereocenters. The zero-order valence-electron chi connectivity index (χ0n) is 17.9. The van der Waals surface area contributed by atoms with Gasteiger partial charge in [-0.05, 0) is 51.3 Å². The zero-order valence-corrected chi connectivity index (χ0v) is 17.9. The summed E-state index contributed by atoms with van der Waals surface area (Å²) in [5, 5.41) is 7.66. The number of carbonyl (C=O) groups is 1. The van der Waals surface area contributed by atoms with Crippen LogP contribution in [0.5, 0.6) is 0 Å². The highest BCUT2D eigenvalue weighted by Gasteiger charge is 2.16. The van der Waals surface area contributed by atoms with Gasteiger partial charge in [-0.3, -0.25) is 4.79 Å². The first-order valence-electron chi connectivity index (χ1n) is 9.68. The van der Waals surface area contributed by atoms with E-state index in [4.69, 9.17) is 0 Å². The standard InChI is InChI=1S/C22H28N6O/c1-14-7-9-19(15(2)11-14)25-22(29)10-8-18-16(3)26-28(17(18)4)21-12-20(27(5)6)23-13-24-21/h7,9,11-13H,8,10H2,1-6H3,(H,25,29). The van der Waals surface area contributed by atoms with Gasteiger partial charge >= 0.3 is 0 Å². The third kappa shape index (κ3) is 4.62. The first kappa shape index (κ1) is 20.5. The minimum atomic E-state index is 0.000401. The van der Waals surface area contributed by atoms with Gasteiger partial charge in [0.05, 0.1) is 5.69 Å². The molecule has 0 aliphatic carbocycles. The molecule has 0 spiro atoms. The Bertz CT molecular complexity index is 1040. The largest absolute Gasteiger partial charge is 0.363 e. The van der Waals surface area contributed by atoms with Gasteiger partial charge in [0.25, 0.3) is 0 Å². The Morgan fingerprint density at radius 2 is 1.86 bits per heavy atom. The maximum Gasteiger partial charge on any atom is 0.224 e. The van der Waals surface area contributed by atoms with Crippen molar-refractivity contribution in [3.8, 4) is 5.82 Å². The van der Waals surface area contributed by atoms with E-state index in [1.165, 1.54) is 11.9 Å². The van der Waals surface area contributed by atoms with E-state index in [-0.39, 0.29) is 5.91 Å². The van der Waals surface area contributed by atoms with Crippen molar-refractivity contribution in [2.24, 2.45) is 0 Å². The molecule has 0 aliphatic heterocycles. The van der Waals surface area contributed by atoms with Crippen LogP contribution in [0.25, 0.3) is 5.82 Å². The number of nitrogens with one attached hydrogen (secondary N) is 1. The molecule has 3 rings (SSSR count). The second-order valence-corrected chi connectivity index (χ2v) is 7.56. The molecule has 7 heteroatoms. The van der Waals surface area contributed by atoms with Gasteiger partial charge in [0.1, 0.15) is 12.1 Å². The molecule has 0 radical (unpaired) electrons. The summed E-state index contributed by atoms with van der Waals surface area (Å²) in [6.45, 7) is 8.02. The minimum absolute atomic E-state index is 0.000401. The van der Waals surface area contributed by atoms with E-state index < -0.39 is 0 Å². The monoisotopic (exact) mass is 392 g/mol. The number of aryl methyl sites for hydroxylation is 3. The molecule has 1 amide bonds. The Balaban J connectivity index is 1.74. The fraction of sp³-hybridized carbons (Fsp3) is 0.364. The van der Waals surface area contributed by atoms with Gasteiger partial charge in [0.15, 0.2) is 5.82 Å². The zero-order chi connectivity index (χ0) is 21.1. The van der Waals surface area contributed by atoms with Crippen molar-refractivity contribution >= 4 is 17.4 Å². The molecule has 0 bridgehead atoms. The van der Waals surface area contributed by atoms with E-state index in [9.17, 15) is 4.79 Å². The molecule has 1 N–H and O–H groups in total. The molecule has 0 fully saturated rings. The fourth-order valence-corrected chi connectivity index (χ4v) is 3.36. The molecular weight excluding hydrogens is 364 g/mol. The summed E-state index contributed by atoms with van der Waals surface area (Å²) in [5.41, 5.74) is 6.09. The lowest BCUT2D eigenvalue weighted by Crippen LogP contribution is -2.14. The lowest BCUT2D eigenvalue weighted by atomic mass is 10.1. The minimum Gasteiger partial charge on any atom is -0.363 e. The van der Waals surface area contributed by atoms with Gasteiger partial charge in [0, 0.05) is 38.0 Å². The Labute approximate surface area is 171 Å². The summed E-state index contributed by atoms with van der Waals surface area (Å²) in [4.78, 5) is 23.0. The maximum atomic E-state index is 12.5. The van der Waals surface area contributed by atoms with Crippen LogP contribution in [0.2, 0.25) is 0 Å². The number of benzene rings is 1. The number of hydrogen-bond donors (Lipinski definition) is 1. The molecule has 152 valence electrons. The van der Waals surface area contributed by atoms with E-state index in [1.54, 1.807) is 0 Å². The highest BCUT2D eigenvalue weighted by atomic mass is 16.1. The van der Waals surface area contributed by atoms with Crippen LogP contribution in [0.3, 0.4) is 0 Å². The highest BCUT2D eigenvalue weighted by Crippen LogP contribution is 2.21. The van der Waals surface area contributed by atoms with Crippen LogP contribution in [-0.4, -0.2) is 39.8 Å². The molecule has 2 aromatic heterocycles. The van der Waals surface area contributed by atoms with Crippen LogP contribution >= 0.6 is 0 Å². The number of aromatic nitrogens is 4. The lowest BCUT2D eigenvalue weighted by molar-refractivity contribution is -0.116. The predicted molar refractivity (Wildman–Crippen MR) is 116 cm³/mol. The number of carbonyl (C=O) groups excluding carboxylic acids is 1.